The fourth-order valence-corrected chi connectivity index (χ4v) is 3.90. The molecule has 2 aliphatic rings. The van der Waals surface area contributed by atoms with Crippen molar-refractivity contribution in [2.45, 2.75) is 51.9 Å². The van der Waals surface area contributed by atoms with Gasteiger partial charge >= 0.3 is 11.9 Å². The van der Waals surface area contributed by atoms with Crippen molar-refractivity contribution in [3.63, 3.8) is 0 Å². The van der Waals surface area contributed by atoms with Gasteiger partial charge in [-0.2, -0.15) is 0 Å². The number of dihydropyridines is 1. The van der Waals surface area contributed by atoms with E-state index in [2.05, 4.69) is 5.32 Å². The summed E-state index contributed by atoms with van der Waals surface area (Å²) in [6.07, 6.45) is 3.75. The zero-order valence-electron chi connectivity index (χ0n) is 17.2. The van der Waals surface area contributed by atoms with Gasteiger partial charge in [0.2, 0.25) is 0 Å². The Labute approximate surface area is 171 Å². The summed E-state index contributed by atoms with van der Waals surface area (Å²) in [6.45, 7) is 4.22. The first-order valence-corrected chi connectivity index (χ1v) is 10.1. The average molecular weight is 397 g/mol. The van der Waals surface area contributed by atoms with Crippen molar-refractivity contribution >= 4 is 17.7 Å². The number of ketones is 1. The van der Waals surface area contributed by atoms with Gasteiger partial charge in [0.25, 0.3) is 0 Å². The van der Waals surface area contributed by atoms with Crippen LogP contribution in [0.2, 0.25) is 0 Å². The number of benzene rings is 1. The fraction of sp³-hybridized carbons (Fsp3) is 0.435. The van der Waals surface area contributed by atoms with Crippen LogP contribution in [0.15, 0.2) is 46.8 Å². The lowest BCUT2D eigenvalue weighted by atomic mass is 9.75. The van der Waals surface area contributed by atoms with Crippen LogP contribution in [0.3, 0.4) is 0 Å². The van der Waals surface area contributed by atoms with Crippen molar-refractivity contribution in [3.8, 4) is 0 Å². The number of unbranched alkanes of at least 4 members (excludes halogenated alkanes) is 1. The Morgan fingerprint density at radius 1 is 1.14 bits per heavy atom. The lowest BCUT2D eigenvalue weighted by molar-refractivity contribution is -0.139. The second-order valence-electron chi connectivity index (χ2n) is 7.37. The van der Waals surface area contributed by atoms with Gasteiger partial charge in [-0.25, -0.2) is 9.59 Å². The molecule has 1 aliphatic carbocycles. The van der Waals surface area contributed by atoms with Crippen LogP contribution in [0.4, 0.5) is 0 Å². The molecule has 6 heteroatoms. The van der Waals surface area contributed by atoms with Crippen LogP contribution in [0.25, 0.3) is 0 Å². The smallest absolute Gasteiger partial charge is 0.337 e. The van der Waals surface area contributed by atoms with Crippen LogP contribution in [0, 0.1) is 0 Å². The van der Waals surface area contributed by atoms with E-state index in [4.69, 9.17) is 9.47 Å². The number of hydrogen-bond donors (Lipinski definition) is 1. The Morgan fingerprint density at radius 3 is 2.52 bits per heavy atom. The molecule has 1 aromatic carbocycles. The topological polar surface area (TPSA) is 81.7 Å². The van der Waals surface area contributed by atoms with Crippen molar-refractivity contribution in [1.29, 1.82) is 0 Å². The summed E-state index contributed by atoms with van der Waals surface area (Å²) in [7, 11) is 1.33. The molecule has 0 bridgehead atoms. The maximum Gasteiger partial charge on any atom is 0.337 e. The minimum atomic E-state index is -0.500. The van der Waals surface area contributed by atoms with Gasteiger partial charge in [0.1, 0.15) is 0 Å². The summed E-state index contributed by atoms with van der Waals surface area (Å²) in [6, 6.07) is 6.88. The molecule has 1 heterocycles. The Balaban J connectivity index is 2.03. The van der Waals surface area contributed by atoms with Crippen LogP contribution in [0.1, 0.15) is 67.8 Å². The maximum absolute atomic E-state index is 12.9. The standard InChI is InChI=1S/C23H27NO5/c1-4-5-13-29-23(27)19-14(2)24-17-7-6-8-18(25)21(17)20(19)15-9-11-16(12-10-15)22(26)28-3/h9-12,20,24H,4-8,13H2,1-3H3. The van der Waals surface area contributed by atoms with E-state index in [0.717, 1.165) is 36.9 Å². The van der Waals surface area contributed by atoms with Gasteiger partial charge in [0, 0.05) is 29.3 Å². The molecule has 0 saturated heterocycles. The molecule has 0 saturated carbocycles. The molecule has 0 fully saturated rings. The van der Waals surface area contributed by atoms with Crippen molar-refractivity contribution in [1.82, 2.24) is 5.32 Å². The van der Waals surface area contributed by atoms with Crippen LogP contribution < -0.4 is 5.32 Å². The molecule has 1 unspecified atom stereocenters. The minimum absolute atomic E-state index is 0.0483. The third-order valence-corrected chi connectivity index (χ3v) is 5.39. The monoisotopic (exact) mass is 397 g/mol. The number of nitrogens with one attached hydrogen (secondary N) is 1. The highest BCUT2D eigenvalue weighted by Gasteiger charge is 2.39. The maximum atomic E-state index is 12.9. The molecule has 154 valence electrons. The predicted molar refractivity (Wildman–Crippen MR) is 108 cm³/mol. The molecular formula is C23H27NO5. The van der Waals surface area contributed by atoms with Gasteiger partial charge in [-0.1, -0.05) is 25.5 Å². The van der Waals surface area contributed by atoms with Crippen molar-refractivity contribution in [2.24, 2.45) is 0 Å². The van der Waals surface area contributed by atoms with E-state index in [1.54, 1.807) is 24.3 Å². The number of methoxy groups -OCH3 is 1. The number of carbonyl (C=O) groups excluding carboxylic acids is 3. The second kappa shape index (κ2) is 9.07. The highest BCUT2D eigenvalue weighted by atomic mass is 16.5. The van der Waals surface area contributed by atoms with Crippen LogP contribution >= 0.6 is 0 Å². The Kier molecular flexibility index (Phi) is 6.52. The molecule has 0 amide bonds. The SMILES string of the molecule is CCCCOC(=O)C1=C(C)NC2=C(C(=O)CCC2)C1c1ccc(C(=O)OC)cc1. The first-order chi connectivity index (χ1) is 14.0. The van der Waals surface area contributed by atoms with Gasteiger partial charge in [0.05, 0.1) is 24.9 Å². The molecule has 6 nitrogen and oxygen atoms in total. The number of rotatable bonds is 6. The molecule has 1 atom stereocenters. The van der Waals surface area contributed by atoms with E-state index < -0.39 is 17.9 Å². The Hall–Kier alpha value is -2.89. The third-order valence-electron chi connectivity index (χ3n) is 5.39. The summed E-state index contributed by atoms with van der Waals surface area (Å²) in [5.41, 5.74) is 3.88. The van der Waals surface area contributed by atoms with Crippen molar-refractivity contribution < 1.29 is 23.9 Å². The normalized spacial score (nSPS) is 18.9. The number of hydrogen-bond acceptors (Lipinski definition) is 6. The first kappa shape index (κ1) is 20.8. The second-order valence-corrected chi connectivity index (χ2v) is 7.37. The zero-order valence-corrected chi connectivity index (χ0v) is 17.2. The first-order valence-electron chi connectivity index (χ1n) is 10.1. The number of esters is 2. The molecule has 1 aliphatic heterocycles. The van der Waals surface area contributed by atoms with E-state index in [1.807, 2.05) is 13.8 Å². The summed E-state index contributed by atoms with van der Waals surface area (Å²) in [5.74, 6) is -1.29. The number of allylic oxidation sites excluding steroid dienone is 3. The summed E-state index contributed by atoms with van der Waals surface area (Å²) >= 11 is 0. The highest BCUT2D eigenvalue weighted by molar-refractivity contribution is 6.03. The van der Waals surface area contributed by atoms with E-state index in [0.29, 0.717) is 35.4 Å². The summed E-state index contributed by atoms with van der Waals surface area (Å²) in [4.78, 5) is 37.5. The zero-order chi connectivity index (χ0) is 21.0. The molecule has 1 N–H and O–H groups in total. The Bertz CT molecular complexity index is 879. The Morgan fingerprint density at radius 2 is 1.86 bits per heavy atom. The minimum Gasteiger partial charge on any atom is -0.465 e. The molecule has 3 rings (SSSR count). The van der Waals surface area contributed by atoms with Crippen molar-refractivity contribution in [3.05, 3.63) is 57.9 Å². The summed E-state index contributed by atoms with van der Waals surface area (Å²) < 4.78 is 10.3. The van der Waals surface area contributed by atoms with Crippen LogP contribution in [0.5, 0.6) is 0 Å². The van der Waals surface area contributed by atoms with Gasteiger partial charge in [0.15, 0.2) is 5.78 Å². The molecule has 0 aromatic heterocycles. The summed E-state index contributed by atoms with van der Waals surface area (Å²) in [5, 5.41) is 3.27. The van der Waals surface area contributed by atoms with E-state index in [9.17, 15) is 14.4 Å². The van der Waals surface area contributed by atoms with E-state index in [1.165, 1.54) is 7.11 Å². The molecule has 1 aromatic rings. The largest absolute Gasteiger partial charge is 0.465 e. The number of ether oxygens (including phenoxy) is 2. The molecular weight excluding hydrogens is 370 g/mol. The molecule has 0 spiro atoms. The number of Topliss-reactive ketones (excluding diaryl/α,β-unsaturated/α-hetero) is 1. The van der Waals surface area contributed by atoms with Gasteiger partial charge in [-0.05, 0) is 43.9 Å². The molecule has 29 heavy (non-hydrogen) atoms. The van der Waals surface area contributed by atoms with E-state index in [-0.39, 0.29) is 5.78 Å². The lowest BCUT2D eigenvalue weighted by Crippen LogP contribution is -2.34. The third kappa shape index (κ3) is 4.26. The van der Waals surface area contributed by atoms with Crippen LogP contribution in [-0.4, -0.2) is 31.4 Å². The average Bonchev–Trinajstić information content (AvgIpc) is 2.72. The van der Waals surface area contributed by atoms with Gasteiger partial charge < -0.3 is 14.8 Å². The highest BCUT2D eigenvalue weighted by Crippen LogP contribution is 2.42. The van der Waals surface area contributed by atoms with Gasteiger partial charge in [-0.15, -0.1) is 0 Å². The van der Waals surface area contributed by atoms with Crippen molar-refractivity contribution in [2.75, 3.05) is 13.7 Å². The quantitative estimate of drug-likeness (QED) is 0.581. The number of carbonyl (C=O) groups is 3. The lowest BCUT2D eigenvalue weighted by Gasteiger charge is -2.34. The molecule has 0 radical (unpaired) electrons. The van der Waals surface area contributed by atoms with Gasteiger partial charge in [-0.3, -0.25) is 4.79 Å². The predicted octanol–water partition coefficient (Wildman–Crippen LogP) is 3.78. The fourth-order valence-electron chi connectivity index (χ4n) is 3.90. The van der Waals surface area contributed by atoms with Crippen LogP contribution in [-0.2, 0) is 19.1 Å². The van der Waals surface area contributed by atoms with E-state index >= 15 is 0 Å².